The van der Waals surface area contributed by atoms with Crippen molar-refractivity contribution in [2.75, 3.05) is 19.8 Å². The third kappa shape index (κ3) is 5.37. The Kier molecular flexibility index (Phi) is 9.51. The Morgan fingerprint density at radius 1 is 1.20 bits per heavy atom. The van der Waals surface area contributed by atoms with E-state index in [1.807, 2.05) is 57.2 Å². The van der Waals surface area contributed by atoms with E-state index in [-0.39, 0.29) is 30.3 Å². The lowest BCUT2D eigenvalue weighted by Crippen LogP contribution is -2.58. The first kappa shape index (κ1) is 30.4. The molecular weight excluding hydrogens is 524 g/mol. The summed E-state index contributed by atoms with van der Waals surface area (Å²) in [5.74, 6) is -2.09. The zero-order chi connectivity index (χ0) is 29.1. The number of rotatable bonds is 14. The first-order chi connectivity index (χ1) is 19.1. The molecule has 1 spiro atoms. The van der Waals surface area contributed by atoms with Crippen molar-refractivity contribution in [3.63, 3.8) is 0 Å². The quantitative estimate of drug-likeness (QED) is 0.201. The van der Waals surface area contributed by atoms with Crippen LogP contribution in [0, 0.1) is 17.8 Å². The fraction of sp³-hybridized carbons (Fsp3) is 0.594. The van der Waals surface area contributed by atoms with Crippen molar-refractivity contribution in [2.24, 2.45) is 17.8 Å². The van der Waals surface area contributed by atoms with Gasteiger partial charge in [-0.2, -0.15) is 0 Å². The molecule has 3 aliphatic rings. The highest BCUT2D eigenvalue weighted by Crippen LogP contribution is 2.72. The zero-order valence-corrected chi connectivity index (χ0v) is 24.9. The number of hydrogen-bond donors (Lipinski definition) is 1. The van der Waals surface area contributed by atoms with Crippen LogP contribution < -0.4 is 0 Å². The molecule has 2 bridgehead atoms. The average Bonchev–Trinajstić information content (AvgIpc) is 3.50. The van der Waals surface area contributed by atoms with Crippen molar-refractivity contribution in [3.8, 4) is 0 Å². The van der Waals surface area contributed by atoms with Crippen LogP contribution in [0.4, 0.5) is 0 Å². The summed E-state index contributed by atoms with van der Waals surface area (Å²) in [5, 5.41) is 10.5. The predicted molar refractivity (Wildman–Crippen MR) is 158 cm³/mol. The number of aliphatic hydroxyl groups excluding tert-OH is 1. The molecule has 40 heavy (non-hydrogen) atoms. The Labute approximate surface area is 243 Å². The lowest BCUT2D eigenvalue weighted by atomic mass is 9.66. The Bertz CT molecular complexity index is 1110. The van der Waals surface area contributed by atoms with E-state index in [9.17, 15) is 19.5 Å². The highest BCUT2D eigenvalue weighted by molar-refractivity contribution is 8.02. The smallest absolute Gasteiger partial charge is 0.311 e. The number of thioether (sulfide) groups is 1. The van der Waals surface area contributed by atoms with Crippen LogP contribution in [0.2, 0.25) is 0 Å². The second-order valence-corrected chi connectivity index (χ2v) is 13.8. The van der Waals surface area contributed by atoms with Gasteiger partial charge in [-0.15, -0.1) is 24.9 Å². The number of carbonyl (C=O) groups excluding carboxylic acids is 3. The number of fused-ring (bicyclic) bond motifs is 1. The van der Waals surface area contributed by atoms with E-state index in [2.05, 4.69) is 13.2 Å². The van der Waals surface area contributed by atoms with Crippen LogP contribution >= 0.6 is 11.8 Å². The van der Waals surface area contributed by atoms with Gasteiger partial charge in [-0.25, -0.2) is 0 Å². The van der Waals surface area contributed by atoms with Gasteiger partial charge in [0.05, 0.1) is 35.8 Å². The molecule has 0 radical (unpaired) electrons. The fourth-order valence-electron chi connectivity index (χ4n) is 7.00. The molecule has 218 valence electrons. The van der Waals surface area contributed by atoms with Crippen LogP contribution in [-0.4, -0.2) is 74.0 Å². The minimum absolute atomic E-state index is 0.0745. The summed E-state index contributed by atoms with van der Waals surface area (Å²) in [6.45, 7) is 14.3. The van der Waals surface area contributed by atoms with Gasteiger partial charge >= 0.3 is 5.97 Å². The predicted octanol–water partition coefficient (Wildman–Crippen LogP) is 4.60. The monoisotopic (exact) mass is 568 g/mol. The zero-order valence-electron chi connectivity index (χ0n) is 24.1. The summed E-state index contributed by atoms with van der Waals surface area (Å²) in [5.41, 5.74) is 0.985. The van der Waals surface area contributed by atoms with Gasteiger partial charge in [0, 0.05) is 17.8 Å². The van der Waals surface area contributed by atoms with Crippen molar-refractivity contribution >= 4 is 29.5 Å². The summed E-state index contributed by atoms with van der Waals surface area (Å²) in [7, 11) is 0. The van der Waals surface area contributed by atoms with Crippen LogP contribution in [0.3, 0.4) is 0 Å². The number of aliphatic hydroxyl groups is 1. The van der Waals surface area contributed by atoms with Gasteiger partial charge < -0.3 is 19.6 Å². The molecule has 3 saturated heterocycles. The highest BCUT2D eigenvalue weighted by atomic mass is 32.2. The van der Waals surface area contributed by atoms with Crippen molar-refractivity contribution in [1.82, 2.24) is 9.80 Å². The number of nitrogens with zero attached hydrogens (tertiary/aromatic N) is 2. The van der Waals surface area contributed by atoms with Crippen molar-refractivity contribution in [1.29, 1.82) is 0 Å². The maximum atomic E-state index is 14.6. The lowest BCUT2D eigenvalue weighted by molar-refractivity contribution is -0.156. The van der Waals surface area contributed by atoms with Gasteiger partial charge in [0.25, 0.3) is 0 Å². The number of hydrogen-bond acceptors (Lipinski definition) is 6. The summed E-state index contributed by atoms with van der Waals surface area (Å²) >= 11 is 1.63. The molecule has 6 atom stereocenters. The third-order valence-electron chi connectivity index (χ3n) is 8.94. The molecule has 2 amide bonds. The molecule has 4 rings (SSSR count). The first-order valence-corrected chi connectivity index (χ1v) is 15.3. The second kappa shape index (κ2) is 12.5. The minimum atomic E-state index is -0.787. The van der Waals surface area contributed by atoms with E-state index < -0.39 is 33.4 Å². The van der Waals surface area contributed by atoms with E-state index in [1.165, 1.54) is 0 Å². The lowest BCUT2D eigenvalue weighted by Gasteiger charge is -2.40. The number of ether oxygens (including phenoxy) is 1. The number of unbranched alkanes of at least 4 members (excludes halogenated alkanes) is 2. The molecule has 0 saturated carbocycles. The van der Waals surface area contributed by atoms with E-state index >= 15 is 0 Å². The maximum Gasteiger partial charge on any atom is 0.311 e. The normalized spacial score (nSPS) is 29.4. The SMILES string of the molecule is C=CCCCCOC(=O)[C@@H]1[C@H]2C(=O)N([C@@H](CO)C(C)C)C(C(=O)N(CC=C)Cc3ccccc3)C23CC[C@@]1(C)S3. The van der Waals surface area contributed by atoms with E-state index in [0.717, 1.165) is 31.2 Å². The average molecular weight is 569 g/mol. The molecule has 0 aliphatic carbocycles. The van der Waals surface area contributed by atoms with Crippen LogP contribution in [-0.2, 0) is 25.7 Å². The number of allylic oxidation sites excluding steroid dienone is 1. The molecular formula is C32H44N2O5S. The van der Waals surface area contributed by atoms with Gasteiger partial charge in [0.15, 0.2) is 0 Å². The summed E-state index contributed by atoms with van der Waals surface area (Å²) in [6, 6.07) is 8.45. The number of amides is 2. The van der Waals surface area contributed by atoms with Gasteiger partial charge in [-0.05, 0) is 50.5 Å². The van der Waals surface area contributed by atoms with Gasteiger partial charge in [-0.3, -0.25) is 14.4 Å². The standard InChI is InChI=1S/C32H44N2O5S/c1-6-8-9-13-19-39-30(38)26-25-28(36)34(24(21-35)22(3)4)27(32(25)17-16-31(26,5)40-32)29(37)33(18-7-2)20-23-14-11-10-12-15-23/h6-7,10-12,14-15,22,24-27,35H,1-2,8-9,13,16-21H2,3-5H3/t24-,25-,26-,27?,31+,32?/m0/s1. The van der Waals surface area contributed by atoms with Crippen LogP contribution in [0.1, 0.15) is 58.4 Å². The summed E-state index contributed by atoms with van der Waals surface area (Å²) in [6.07, 6.45) is 7.42. The minimum Gasteiger partial charge on any atom is -0.465 e. The van der Waals surface area contributed by atoms with Crippen LogP contribution in [0.5, 0.6) is 0 Å². The van der Waals surface area contributed by atoms with Gasteiger partial charge in [0.1, 0.15) is 6.04 Å². The highest BCUT2D eigenvalue weighted by Gasteiger charge is 2.78. The molecule has 8 heteroatoms. The number of carbonyl (C=O) groups is 3. The van der Waals surface area contributed by atoms with Crippen molar-refractivity contribution < 1.29 is 24.2 Å². The molecule has 7 nitrogen and oxygen atoms in total. The molecule has 1 aromatic rings. The van der Waals surface area contributed by atoms with E-state index in [0.29, 0.717) is 26.1 Å². The summed E-state index contributed by atoms with van der Waals surface area (Å²) < 4.78 is 4.51. The molecule has 3 fully saturated rings. The van der Waals surface area contributed by atoms with E-state index in [1.54, 1.807) is 27.6 Å². The van der Waals surface area contributed by atoms with Gasteiger partial charge in [0.2, 0.25) is 11.8 Å². The topological polar surface area (TPSA) is 87.1 Å². The Hall–Kier alpha value is -2.58. The van der Waals surface area contributed by atoms with Crippen LogP contribution in [0.25, 0.3) is 0 Å². The Morgan fingerprint density at radius 3 is 2.55 bits per heavy atom. The number of likely N-dealkylation sites (tertiary alicyclic amines) is 1. The van der Waals surface area contributed by atoms with Crippen molar-refractivity contribution in [2.45, 2.75) is 81.0 Å². The maximum absolute atomic E-state index is 14.6. The second-order valence-electron chi connectivity index (χ2n) is 11.9. The molecule has 3 aliphatic heterocycles. The molecule has 0 aromatic heterocycles. The Morgan fingerprint density at radius 2 is 1.93 bits per heavy atom. The van der Waals surface area contributed by atoms with Gasteiger partial charge in [-0.1, -0.05) is 56.3 Å². The first-order valence-electron chi connectivity index (χ1n) is 14.5. The van der Waals surface area contributed by atoms with Crippen LogP contribution in [0.15, 0.2) is 55.6 Å². The fourth-order valence-corrected chi connectivity index (χ4v) is 9.32. The molecule has 3 heterocycles. The van der Waals surface area contributed by atoms with Crippen molar-refractivity contribution in [3.05, 3.63) is 61.2 Å². The molecule has 1 aromatic carbocycles. The Balaban J connectivity index is 1.71. The van der Waals surface area contributed by atoms with E-state index in [4.69, 9.17) is 4.74 Å². The number of esters is 1. The third-order valence-corrected chi connectivity index (χ3v) is 10.9. The molecule has 1 N–H and O–H groups in total. The molecule has 2 unspecified atom stereocenters. The summed E-state index contributed by atoms with van der Waals surface area (Å²) in [4.78, 5) is 46.0. The largest absolute Gasteiger partial charge is 0.465 e. The number of benzene rings is 1.